The van der Waals surface area contributed by atoms with E-state index in [4.69, 9.17) is 5.11 Å². The monoisotopic (exact) mass is 309 g/mol. The second-order valence-corrected chi connectivity index (χ2v) is 5.44. The topological polar surface area (TPSA) is 47.0 Å². The SMILES string of the molecule is CCN(CCO)CC(=O)N1CCN(c2ccc(F)cc2)CC1. The molecule has 0 saturated carbocycles. The number of amides is 1. The van der Waals surface area contributed by atoms with Crippen molar-refractivity contribution >= 4 is 11.6 Å². The summed E-state index contributed by atoms with van der Waals surface area (Å²) in [5.74, 6) is -0.129. The summed E-state index contributed by atoms with van der Waals surface area (Å²) in [6.07, 6.45) is 0. The fourth-order valence-corrected chi connectivity index (χ4v) is 2.65. The number of anilines is 1. The number of carbonyl (C=O) groups excluding carboxylic acids is 1. The van der Waals surface area contributed by atoms with Gasteiger partial charge >= 0.3 is 0 Å². The molecule has 0 bridgehead atoms. The Hall–Kier alpha value is -1.66. The second kappa shape index (κ2) is 8.10. The second-order valence-electron chi connectivity index (χ2n) is 5.44. The van der Waals surface area contributed by atoms with Crippen molar-refractivity contribution in [3.8, 4) is 0 Å². The van der Waals surface area contributed by atoms with Gasteiger partial charge < -0.3 is 14.9 Å². The quantitative estimate of drug-likeness (QED) is 0.844. The number of carbonyl (C=O) groups is 1. The normalized spacial score (nSPS) is 15.5. The van der Waals surface area contributed by atoms with Crippen LogP contribution in [0, 0.1) is 5.82 Å². The van der Waals surface area contributed by atoms with Crippen molar-refractivity contribution in [2.24, 2.45) is 0 Å². The predicted molar refractivity (Wildman–Crippen MR) is 84.4 cm³/mol. The number of rotatable bonds is 6. The molecule has 5 nitrogen and oxygen atoms in total. The minimum atomic E-state index is -0.235. The maximum atomic E-state index is 12.9. The summed E-state index contributed by atoms with van der Waals surface area (Å²) in [5, 5.41) is 8.97. The summed E-state index contributed by atoms with van der Waals surface area (Å²) in [4.78, 5) is 18.2. The first kappa shape index (κ1) is 16.7. The zero-order valence-corrected chi connectivity index (χ0v) is 13.0. The van der Waals surface area contributed by atoms with E-state index in [1.54, 1.807) is 12.1 Å². The lowest BCUT2D eigenvalue weighted by molar-refractivity contribution is -0.132. The number of likely N-dealkylation sites (N-methyl/N-ethyl adjacent to an activating group) is 1. The molecule has 6 heteroatoms. The Kier molecular flexibility index (Phi) is 6.15. The largest absolute Gasteiger partial charge is 0.395 e. The maximum Gasteiger partial charge on any atom is 0.236 e. The molecule has 0 unspecified atom stereocenters. The Balaban J connectivity index is 1.83. The number of benzene rings is 1. The third kappa shape index (κ3) is 4.42. The average molecular weight is 309 g/mol. The molecule has 0 radical (unpaired) electrons. The lowest BCUT2D eigenvalue weighted by atomic mass is 10.2. The number of piperazine rings is 1. The predicted octanol–water partition coefficient (Wildman–Crippen LogP) is 0.788. The third-order valence-corrected chi connectivity index (χ3v) is 4.05. The first-order chi connectivity index (χ1) is 10.6. The van der Waals surface area contributed by atoms with Gasteiger partial charge in [0.2, 0.25) is 5.91 Å². The fraction of sp³-hybridized carbons (Fsp3) is 0.562. The smallest absolute Gasteiger partial charge is 0.236 e. The summed E-state index contributed by atoms with van der Waals surface area (Å²) >= 11 is 0. The van der Waals surface area contributed by atoms with Crippen LogP contribution >= 0.6 is 0 Å². The van der Waals surface area contributed by atoms with Crippen molar-refractivity contribution in [1.82, 2.24) is 9.80 Å². The average Bonchev–Trinajstić information content (AvgIpc) is 2.55. The van der Waals surface area contributed by atoms with E-state index in [2.05, 4.69) is 4.90 Å². The van der Waals surface area contributed by atoms with E-state index >= 15 is 0 Å². The van der Waals surface area contributed by atoms with E-state index in [9.17, 15) is 9.18 Å². The Morgan fingerprint density at radius 3 is 2.41 bits per heavy atom. The molecule has 0 spiro atoms. The zero-order valence-electron chi connectivity index (χ0n) is 13.0. The molecule has 1 aliphatic rings. The van der Waals surface area contributed by atoms with E-state index in [-0.39, 0.29) is 18.3 Å². The third-order valence-electron chi connectivity index (χ3n) is 4.05. The molecule has 1 aromatic rings. The highest BCUT2D eigenvalue weighted by Crippen LogP contribution is 2.17. The number of aliphatic hydroxyl groups excluding tert-OH is 1. The van der Waals surface area contributed by atoms with Crippen LogP contribution in [0.1, 0.15) is 6.92 Å². The van der Waals surface area contributed by atoms with Crippen LogP contribution < -0.4 is 4.90 Å². The maximum absolute atomic E-state index is 12.9. The number of halogens is 1. The molecular weight excluding hydrogens is 285 g/mol. The zero-order chi connectivity index (χ0) is 15.9. The molecule has 22 heavy (non-hydrogen) atoms. The summed E-state index contributed by atoms with van der Waals surface area (Å²) < 4.78 is 12.9. The summed E-state index contributed by atoms with van der Waals surface area (Å²) in [6.45, 7) is 6.54. The first-order valence-electron chi connectivity index (χ1n) is 7.75. The lowest BCUT2D eigenvalue weighted by Gasteiger charge is -2.37. The molecule has 0 atom stereocenters. The van der Waals surface area contributed by atoms with Gasteiger partial charge in [0, 0.05) is 38.4 Å². The molecule has 1 saturated heterocycles. The van der Waals surface area contributed by atoms with Gasteiger partial charge in [-0.15, -0.1) is 0 Å². The van der Waals surface area contributed by atoms with Gasteiger partial charge in [-0.3, -0.25) is 9.69 Å². The number of aliphatic hydroxyl groups is 1. The van der Waals surface area contributed by atoms with E-state index in [1.165, 1.54) is 12.1 Å². The van der Waals surface area contributed by atoms with Crippen LogP contribution in [-0.4, -0.2) is 73.2 Å². The molecular formula is C16H24FN3O2. The highest BCUT2D eigenvalue weighted by Gasteiger charge is 2.22. The van der Waals surface area contributed by atoms with E-state index in [0.717, 1.165) is 25.3 Å². The summed E-state index contributed by atoms with van der Waals surface area (Å²) in [5.41, 5.74) is 0.990. The van der Waals surface area contributed by atoms with Crippen LogP contribution in [0.4, 0.5) is 10.1 Å². The van der Waals surface area contributed by atoms with Crippen molar-refractivity contribution in [2.75, 3.05) is 57.3 Å². The molecule has 2 rings (SSSR count). The summed E-state index contributed by atoms with van der Waals surface area (Å²) in [6, 6.07) is 6.46. The van der Waals surface area contributed by atoms with Crippen molar-refractivity contribution < 1.29 is 14.3 Å². The molecule has 1 aromatic carbocycles. The molecule has 1 heterocycles. The molecule has 122 valence electrons. The van der Waals surface area contributed by atoms with Crippen molar-refractivity contribution in [3.63, 3.8) is 0 Å². The minimum absolute atomic E-state index is 0.0689. The van der Waals surface area contributed by atoms with Gasteiger partial charge in [0.15, 0.2) is 0 Å². The molecule has 1 N–H and O–H groups in total. The summed E-state index contributed by atoms with van der Waals surface area (Å²) in [7, 11) is 0. The molecule has 0 aromatic heterocycles. The van der Waals surface area contributed by atoms with Gasteiger partial charge in [-0.25, -0.2) is 4.39 Å². The van der Waals surface area contributed by atoms with Gasteiger partial charge in [-0.2, -0.15) is 0 Å². The van der Waals surface area contributed by atoms with Crippen LogP contribution in [0.3, 0.4) is 0 Å². The van der Waals surface area contributed by atoms with Gasteiger partial charge in [-0.1, -0.05) is 6.92 Å². The number of hydrogen-bond donors (Lipinski definition) is 1. The van der Waals surface area contributed by atoms with Crippen molar-refractivity contribution in [2.45, 2.75) is 6.92 Å². The minimum Gasteiger partial charge on any atom is -0.395 e. The van der Waals surface area contributed by atoms with Crippen LogP contribution in [0.2, 0.25) is 0 Å². The molecule has 1 fully saturated rings. The van der Waals surface area contributed by atoms with E-state index < -0.39 is 0 Å². The Bertz CT molecular complexity index is 473. The van der Waals surface area contributed by atoms with Crippen molar-refractivity contribution in [1.29, 1.82) is 0 Å². The fourth-order valence-electron chi connectivity index (χ4n) is 2.65. The Labute approximate surface area is 130 Å². The Morgan fingerprint density at radius 1 is 1.23 bits per heavy atom. The molecule has 0 aliphatic carbocycles. The molecule has 1 amide bonds. The van der Waals surface area contributed by atoms with Gasteiger partial charge in [0.25, 0.3) is 0 Å². The van der Waals surface area contributed by atoms with Crippen LogP contribution in [0.25, 0.3) is 0 Å². The van der Waals surface area contributed by atoms with E-state index in [1.807, 2.05) is 16.7 Å². The first-order valence-corrected chi connectivity index (χ1v) is 7.75. The van der Waals surface area contributed by atoms with Gasteiger partial charge in [0.1, 0.15) is 5.82 Å². The number of hydrogen-bond acceptors (Lipinski definition) is 4. The van der Waals surface area contributed by atoms with Gasteiger partial charge in [0.05, 0.1) is 13.2 Å². The van der Waals surface area contributed by atoms with Crippen LogP contribution in [-0.2, 0) is 4.79 Å². The number of nitrogens with zero attached hydrogens (tertiary/aromatic N) is 3. The standard InChI is InChI=1S/C16H24FN3O2/c1-2-18(11-12-21)13-16(22)20-9-7-19(8-10-20)15-5-3-14(17)4-6-15/h3-6,21H,2,7-13H2,1H3. The lowest BCUT2D eigenvalue weighted by Crippen LogP contribution is -2.51. The molecule has 1 aliphatic heterocycles. The highest BCUT2D eigenvalue weighted by atomic mass is 19.1. The van der Waals surface area contributed by atoms with Crippen LogP contribution in [0.5, 0.6) is 0 Å². The van der Waals surface area contributed by atoms with Crippen LogP contribution in [0.15, 0.2) is 24.3 Å². The Morgan fingerprint density at radius 2 is 1.86 bits per heavy atom. The van der Waals surface area contributed by atoms with Crippen molar-refractivity contribution in [3.05, 3.63) is 30.1 Å². The van der Waals surface area contributed by atoms with E-state index in [0.29, 0.717) is 26.2 Å². The van der Waals surface area contributed by atoms with Gasteiger partial charge in [-0.05, 0) is 30.8 Å². The highest BCUT2D eigenvalue weighted by molar-refractivity contribution is 5.78.